The fourth-order valence-corrected chi connectivity index (χ4v) is 7.73. The van der Waals surface area contributed by atoms with Gasteiger partial charge in [0.15, 0.2) is 0 Å². The van der Waals surface area contributed by atoms with Crippen LogP contribution in [0.2, 0.25) is 0 Å². The third-order valence-electron chi connectivity index (χ3n) is 10.5. The third-order valence-corrected chi connectivity index (χ3v) is 10.5. The van der Waals surface area contributed by atoms with Crippen LogP contribution in [0.1, 0.15) is 66.8 Å². The van der Waals surface area contributed by atoms with Crippen molar-refractivity contribution in [1.82, 2.24) is 21.0 Å². The van der Waals surface area contributed by atoms with Gasteiger partial charge in [-0.1, -0.05) is 39.5 Å². The fraction of sp³-hybridized carbons (Fsp3) is 0.571. The van der Waals surface area contributed by atoms with Crippen LogP contribution in [0.25, 0.3) is 6.08 Å². The number of hydrogen-bond acceptors (Lipinski definition) is 8. The van der Waals surface area contributed by atoms with Crippen LogP contribution in [0.15, 0.2) is 48.3 Å². The van der Waals surface area contributed by atoms with Crippen molar-refractivity contribution in [2.24, 2.45) is 29.1 Å². The second kappa shape index (κ2) is 14.5. The molecule has 0 radical (unpaired) electrons. The number of nitrogens with zero attached hydrogens (tertiary/aromatic N) is 1. The highest BCUT2D eigenvalue weighted by Gasteiger charge is 2.57. The second-order valence-corrected chi connectivity index (χ2v) is 13.4. The number of fused-ring (bicyclic) bond motifs is 2. The summed E-state index contributed by atoms with van der Waals surface area (Å²) < 4.78 is 5.79. The van der Waals surface area contributed by atoms with Gasteiger partial charge in [0.2, 0.25) is 5.91 Å². The standard InChI is InChI=1S/C35H50N4O7/c1-9-10-22(28(45-8)13-21-11-23(32(42)36-6)14-24(12-21)33(43)37-7)17-39-31(30(20(3)41)29(18-40)46-39)34(44)38-27-16-25-15-26(19(27)2)35(25,4)5/h9-14,19-20,25-27,29-31,40-41H,1,15-18H2,2-8H3,(H,36,42)(H,37,43)(H,38,44)/b22-10-,28-13-/t19-,20-,25+,26-,27-,29-,30+,31-/m0/s1. The van der Waals surface area contributed by atoms with E-state index in [9.17, 15) is 24.6 Å². The lowest BCUT2D eigenvalue weighted by atomic mass is 9.45. The highest BCUT2D eigenvalue weighted by atomic mass is 16.7. The molecule has 4 fully saturated rings. The molecule has 1 heterocycles. The van der Waals surface area contributed by atoms with Crippen molar-refractivity contribution in [1.29, 1.82) is 0 Å². The molecule has 11 nitrogen and oxygen atoms in total. The number of benzene rings is 1. The molecule has 0 unspecified atom stereocenters. The molecule has 3 saturated carbocycles. The Labute approximate surface area is 272 Å². The number of hydrogen-bond donors (Lipinski definition) is 5. The molecule has 5 rings (SSSR count). The van der Waals surface area contributed by atoms with Gasteiger partial charge in [0.05, 0.1) is 26.4 Å². The average Bonchev–Trinajstić information content (AvgIpc) is 3.41. The van der Waals surface area contributed by atoms with Gasteiger partial charge in [-0.05, 0) is 72.8 Å². The Morgan fingerprint density at radius 3 is 2.26 bits per heavy atom. The summed E-state index contributed by atoms with van der Waals surface area (Å²) in [7, 11) is 4.51. The Morgan fingerprint density at radius 1 is 1.15 bits per heavy atom. The normalized spacial score (nSPS) is 29.7. The molecule has 5 N–H and O–H groups in total. The molecule has 3 amide bonds. The van der Waals surface area contributed by atoms with Gasteiger partial charge in [0.25, 0.3) is 11.8 Å². The number of carbonyl (C=O) groups is 3. The molecule has 4 aliphatic rings. The monoisotopic (exact) mass is 638 g/mol. The number of aliphatic hydroxyl groups is 2. The van der Waals surface area contributed by atoms with Crippen LogP contribution in [0.3, 0.4) is 0 Å². The lowest BCUT2D eigenvalue weighted by Gasteiger charge is -2.62. The SMILES string of the molecule is C=C/C=C(CN1O[C@@H](CO)[C@@H]([C@H](C)O)[C@H]1C(=O)N[C@H]1C[C@H]2C[C@@H]([C@@H]1C)C2(C)C)\C(=C\c1cc(C(=O)NC)cc(C(=O)NC)c1)OC. The Hall–Kier alpha value is -3.51. The predicted octanol–water partition coefficient (Wildman–Crippen LogP) is 2.67. The van der Waals surface area contributed by atoms with Gasteiger partial charge in [0.1, 0.15) is 17.9 Å². The molecule has 46 heavy (non-hydrogen) atoms. The minimum atomic E-state index is -0.936. The Kier molecular flexibility index (Phi) is 11.1. The summed E-state index contributed by atoms with van der Waals surface area (Å²) in [5, 5.41) is 31.0. The summed E-state index contributed by atoms with van der Waals surface area (Å²) in [6.45, 7) is 12.0. The lowest BCUT2D eigenvalue weighted by molar-refractivity contribution is -0.173. The van der Waals surface area contributed by atoms with Crippen LogP contribution in [-0.4, -0.2) is 91.6 Å². The molecule has 1 aromatic carbocycles. The minimum absolute atomic E-state index is 0.00804. The van der Waals surface area contributed by atoms with Crippen molar-refractivity contribution in [3.63, 3.8) is 0 Å². The van der Waals surface area contributed by atoms with Crippen LogP contribution < -0.4 is 16.0 Å². The van der Waals surface area contributed by atoms with E-state index in [1.165, 1.54) is 38.8 Å². The Balaban J connectivity index is 1.65. The van der Waals surface area contributed by atoms with Crippen molar-refractivity contribution in [2.45, 2.75) is 64.8 Å². The second-order valence-electron chi connectivity index (χ2n) is 13.4. The van der Waals surface area contributed by atoms with E-state index >= 15 is 0 Å². The minimum Gasteiger partial charge on any atom is -0.496 e. The zero-order valence-electron chi connectivity index (χ0n) is 28.0. The Bertz CT molecular complexity index is 1350. The van der Waals surface area contributed by atoms with Crippen molar-refractivity contribution in [3.05, 3.63) is 65.0 Å². The topological polar surface area (TPSA) is 149 Å². The molecule has 3 aliphatic carbocycles. The molecular weight excluding hydrogens is 588 g/mol. The first-order valence-electron chi connectivity index (χ1n) is 16.0. The van der Waals surface area contributed by atoms with Gasteiger partial charge in [-0.2, -0.15) is 5.06 Å². The zero-order chi connectivity index (χ0) is 33.9. The van der Waals surface area contributed by atoms with Crippen LogP contribution >= 0.6 is 0 Å². The summed E-state index contributed by atoms with van der Waals surface area (Å²) in [5.74, 6) is 0.122. The first-order chi connectivity index (χ1) is 21.8. The van der Waals surface area contributed by atoms with Crippen molar-refractivity contribution in [3.8, 4) is 0 Å². The number of allylic oxidation sites excluding steroid dienone is 2. The van der Waals surface area contributed by atoms with Crippen LogP contribution in [0.5, 0.6) is 0 Å². The van der Waals surface area contributed by atoms with Gasteiger partial charge in [-0.25, -0.2) is 0 Å². The van der Waals surface area contributed by atoms with Gasteiger partial charge in [0, 0.05) is 42.8 Å². The summed E-state index contributed by atoms with van der Waals surface area (Å²) in [6.07, 6.45) is 5.33. The fourth-order valence-electron chi connectivity index (χ4n) is 7.73. The molecular formula is C35H50N4O7. The summed E-state index contributed by atoms with van der Waals surface area (Å²) in [6, 6.07) is 3.90. The molecule has 2 bridgehead atoms. The summed E-state index contributed by atoms with van der Waals surface area (Å²) in [4.78, 5) is 45.2. The quantitative estimate of drug-likeness (QED) is 0.173. The van der Waals surface area contributed by atoms with Crippen molar-refractivity contribution in [2.75, 3.05) is 34.4 Å². The number of methoxy groups -OCH3 is 1. The van der Waals surface area contributed by atoms with E-state index in [-0.39, 0.29) is 42.3 Å². The number of carbonyl (C=O) groups excluding carboxylic acids is 3. The lowest BCUT2D eigenvalue weighted by Crippen LogP contribution is -2.62. The van der Waals surface area contributed by atoms with E-state index in [1.807, 2.05) is 0 Å². The van der Waals surface area contributed by atoms with Gasteiger partial charge < -0.3 is 30.9 Å². The Morgan fingerprint density at radius 2 is 1.78 bits per heavy atom. The molecule has 8 atom stereocenters. The molecule has 0 spiro atoms. The molecule has 1 saturated heterocycles. The van der Waals surface area contributed by atoms with Gasteiger partial charge in [-0.15, -0.1) is 0 Å². The van der Waals surface area contributed by atoms with Crippen LogP contribution in [0.4, 0.5) is 0 Å². The maximum absolute atomic E-state index is 14.1. The number of amides is 3. The number of ether oxygens (including phenoxy) is 1. The molecule has 1 aromatic rings. The molecule has 252 valence electrons. The number of nitrogens with one attached hydrogen (secondary N) is 3. The van der Waals surface area contributed by atoms with Crippen LogP contribution in [-0.2, 0) is 14.4 Å². The summed E-state index contributed by atoms with van der Waals surface area (Å²) in [5.41, 5.74) is 1.97. The molecule has 1 aliphatic heterocycles. The average molecular weight is 639 g/mol. The zero-order valence-corrected chi connectivity index (χ0v) is 28.0. The third kappa shape index (κ3) is 6.92. The van der Waals surface area contributed by atoms with Gasteiger partial charge >= 0.3 is 0 Å². The van der Waals surface area contributed by atoms with E-state index in [2.05, 4.69) is 43.3 Å². The van der Waals surface area contributed by atoms with Gasteiger partial charge in [-0.3, -0.25) is 19.2 Å². The smallest absolute Gasteiger partial charge is 0.251 e. The maximum atomic E-state index is 14.1. The highest BCUT2D eigenvalue weighted by Crippen LogP contribution is 2.61. The highest BCUT2D eigenvalue weighted by molar-refractivity contribution is 6.00. The first kappa shape index (κ1) is 35.3. The number of rotatable bonds is 12. The van der Waals surface area contributed by atoms with E-state index in [4.69, 9.17) is 9.57 Å². The van der Waals surface area contributed by atoms with E-state index in [0.29, 0.717) is 45.8 Å². The van der Waals surface area contributed by atoms with E-state index in [0.717, 1.165) is 6.42 Å². The number of hydroxylamine groups is 2. The van der Waals surface area contributed by atoms with E-state index in [1.54, 1.807) is 37.3 Å². The first-order valence-corrected chi connectivity index (χ1v) is 16.0. The largest absolute Gasteiger partial charge is 0.496 e. The molecule has 11 heteroatoms. The number of aliphatic hydroxyl groups excluding tert-OH is 2. The van der Waals surface area contributed by atoms with E-state index < -0.39 is 24.2 Å². The van der Waals surface area contributed by atoms with Crippen molar-refractivity contribution >= 4 is 23.8 Å². The molecule has 0 aromatic heterocycles. The maximum Gasteiger partial charge on any atom is 0.251 e. The van der Waals surface area contributed by atoms with Crippen molar-refractivity contribution < 1.29 is 34.2 Å². The summed E-state index contributed by atoms with van der Waals surface area (Å²) >= 11 is 0. The predicted molar refractivity (Wildman–Crippen MR) is 175 cm³/mol. The van der Waals surface area contributed by atoms with Crippen LogP contribution in [0, 0.1) is 29.1 Å².